The number of hydrogen-bond acceptors (Lipinski definition) is 3. The quantitative estimate of drug-likeness (QED) is 0.636. The van der Waals surface area contributed by atoms with Crippen molar-refractivity contribution in [1.82, 2.24) is 10.3 Å². The average molecular weight is 395 g/mol. The van der Waals surface area contributed by atoms with Crippen LogP contribution in [0.3, 0.4) is 0 Å². The predicted molar refractivity (Wildman–Crippen MR) is 111 cm³/mol. The molecule has 0 bridgehead atoms. The van der Waals surface area contributed by atoms with Crippen molar-refractivity contribution < 1.29 is 9.18 Å². The number of nitrogens with one attached hydrogen (secondary N) is 1. The maximum Gasteiger partial charge on any atom is 0.230 e. The highest BCUT2D eigenvalue weighted by molar-refractivity contribution is 7.13. The molecule has 1 heterocycles. The number of aromatic nitrogens is 1. The normalized spacial score (nSPS) is 15.1. The van der Waals surface area contributed by atoms with Gasteiger partial charge in [-0.2, -0.15) is 0 Å². The van der Waals surface area contributed by atoms with E-state index in [4.69, 9.17) is 4.98 Å². The summed E-state index contributed by atoms with van der Waals surface area (Å²) in [7, 11) is 0. The van der Waals surface area contributed by atoms with E-state index in [2.05, 4.69) is 36.5 Å². The van der Waals surface area contributed by atoms with E-state index < -0.39 is 5.41 Å². The average Bonchev–Trinajstić information content (AvgIpc) is 3.10. The number of halogens is 1. The van der Waals surface area contributed by atoms with E-state index in [1.165, 1.54) is 17.7 Å². The number of rotatable bonds is 6. The second kappa shape index (κ2) is 7.84. The second-order valence-corrected chi connectivity index (χ2v) is 8.32. The van der Waals surface area contributed by atoms with E-state index >= 15 is 0 Å². The number of hydrogen-bond donors (Lipinski definition) is 1. The second-order valence-electron chi connectivity index (χ2n) is 7.46. The smallest absolute Gasteiger partial charge is 0.230 e. The van der Waals surface area contributed by atoms with Gasteiger partial charge in [-0.15, -0.1) is 11.3 Å². The Bertz CT molecular complexity index is 976. The number of carbonyl (C=O) groups excluding carboxylic acids is 1. The molecule has 2 aromatic carbocycles. The number of thiazole rings is 1. The zero-order chi connectivity index (χ0) is 19.6. The van der Waals surface area contributed by atoms with Gasteiger partial charge in [-0.25, -0.2) is 9.37 Å². The Kier molecular flexibility index (Phi) is 5.27. The predicted octanol–water partition coefficient (Wildman–Crippen LogP) is 5.04. The van der Waals surface area contributed by atoms with Crippen LogP contribution < -0.4 is 5.32 Å². The van der Waals surface area contributed by atoms with Gasteiger partial charge in [0.2, 0.25) is 5.91 Å². The van der Waals surface area contributed by atoms with Gasteiger partial charge in [-0.05, 0) is 37.5 Å². The first-order valence-electron chi connectivity index (χ1n) is 9.63. The zero-order valence-corrected chi connectivity index (χ0v) is 16.7. The lowest BCUT2D eigenvalue weighted by Crippen LogP contribution is -2.49. The summed E-state index contributed by atoms with van der Waals surface area (Å²) in [6.07, 6.45) is 3.23. The first-order chi connectivity index (χ1) is 13.6. The molecule has 3 nitrogen and oxygen atoms in total. The third-order valence-electron chi connectivity index (χ3n) is 5.54. The molecule has 1 aromatic heterocycles. The van der Waals surface area contributed by atoms with Crippen LogP contribution in [0.1, 0.15) is 36.1 Å². The minimum atomic E-state index is -0.572. The van der Waals surface area contributed by atoms with Gasteiger partial charge < -0.3 is 5.32 Å². The number of carbonyl (C=O) groups is 1. The molecule has 1 N–H and O–H groups in total. The summed E-state index contributed by atoms with van der Waals surface area (Å²) in [5.41, 5.74) is 3.54. The molecule has 1 saturated carbocycles. The standard InChI is InChI=1S/C23H23FN2OS/c1-16-6-8-17(9-7-16)21-26-20(15-28-21)10-13-25-22(27)23(11-3-12-23)18-4-2-5-19(24)14-18/h2,4-9,14-15H,3,10-13H2,1H3,(H,25,27). The van der Waals surface area contributed by atoms with E-state index in [-0.39, 0.29) is 11.7 Å². The van der Waals surface area contributed by atoms with Crippen molar-refractivity contribution in [2.75, 3.05) is 6.54 Å². The van der Waals surface area contributed by atoms with Crippen LogP contribution in [0.2, 0.25) is 0 Å². The molecule has 1 amide bonds. The maximum atomic E-state index is 13.6. The molecule has 1 aliphatic rings. The fourth-order valence-corrected chi connectivity index (χ4v) is 4.55. The van der Waals surface area contributed by atoms with Crippen molar-refractivity contribution >= 4 is 17.2 Å². The molecule has 3 aromatic rings. The van der Waals surface area contributed by atoms with Crippen LogP contribution in [0.5, 0.6) is 0 Å². The molecule has 28 heavy (non-hydrogen) atoms. The molecule has 0 unspecified atom stereocenters. The fraction of sp³-hybridized carbons (Fsp3) is 0.304. The third kappa shape index (κ3) is 3.72. The molecule has 144 valence electrons. The number of benzene rings is 2. The summed E-state index contributed by atoms with van der Waals surface area (Å²) in [6.45, 7) is 2.60. The van der Waals surface area contributed by atoms with E-state index in [1.807, 2.05) is 11.4 Å². The van der Waals surface area contributed by atoms with E-state index in [9.17, 15) is 9.18 Å². The maximum absolute atomic E-state index is 13.6. The van der Waals surface area contributed by atoms with Crippen molar-refractivity contribution in [3.05, 3.63) is 76.5 Å². The lowest BCUT2D eigenvalue weighted by molar-refractivity contribution is -0.129. The lowest BCUT2D eigenvalue weighted by atomic mass is 9.64. The molecule has 1 fully saturated rings. The van der Waals surface area contributed by atoms with Crippen LogP contribution in [0.15, 0.2) is 53.9 Å². The molecule has 1 aliphatic carbocycles. The highest BCUT2D eigenvalue weighted by Gasteiger charge is 2.45. The van der Waals surface area contributed by atoms with Gasteiger partial charge in [-0.3, -0.25) is 4.79 Å². The van der Waals surface area contributed by atoms with Crippen LogP contribution in [0.4, 0.5) is 4.39 Å². The highest BCUT2D eigenvalue weighted by Crippen LogP contribution is 2.44. The molecule has 5 heteroatoms. The Balaban J connectivity index is 1.37. The van der Waals surface area contributed by atoms with Crippen molar-refractivity contribution in [1.29, 1.82) is 0 Å². The summed E-state index contributed by atoms with van der Waals surface area (Å²) in [6, 6.07) is 14.8. The molecule has 4 rings (SSSR count). The monoisotopic (exact) mass is 394 g/mol. The minimum absolute atomic E-state index is 0.00154. The molecule has 0 saturated heterocycles. The van der Waals surface area contributed by atoms with Gasteiger partial charge in [-0.1, -0.05) is 48.4 Å². The number of amides is 1. The van der Waals surface area contributed by atoms with Crippen LogP contribution in [-0.2, 0) is 16.6 Å². The van der Waals surface area contributed by atoms with Gasteiger partial charge in [0.05, 0.1) is 11.1 Å². The van der Waals surface area contributed by atoms with Crippen LogP contribution in [-0.4, -0.2) is 17.4 Å². The summed E-state index contributed by atoms with van der Waals surface area (Å²) < 4.78 is 13.6. The Morgan fingerprint density at radius 2 is 2.00 bits per heavy atom. The van der Waals surface area contributed by atoms with Crippen molar-refractivity contribution in [2.24, 2.45) is 0 Å². The molecule has 0 atom stereocenters. The Hall–Kier alpha value is -2.53. The third-order valence-corrected chi connectivity index (χ3v) is 6.48. The zero-order valence-electron chi connectivity index (χ0n) is 15.9. The fourth-order valence-electron chi connectivity index (χ4n) is 3.69. The first-order valence-corrected chi connectivity index (χ1v) is 10.5. The first kappa shape index (κ1) is 18.8. The highest BCUT2D eigenvalue weighted by atomic mass is 32.1. The molecular formula is C23H23FN2OS. The van der Waals surface area contributed by atoms with Gasteiger partial charge in [0.1, 0.15) is 10.8 Å². The number of nitrogens with zero attached hydrogens (tertiary/aromatic N) is 1. The largest absolute Gasteiger partial charge is 0.355 e. The summed E-state index contributed by atoms with van der Waals surface area (Å²) in [5, 5.41) is 6.10. The SMILES string of the molecule is Cc1ccc(-c2nc(CCNC(=O)C3(c4cccc(F)c4)CCC3)cs2)cc1. The Morgan fingerprint density at radius 1 is 1.21 bits per heavy atom. The van der Waals surface area contributed by atoms with Gasteiger partial charge >= 0.3 is 0 Å². The summed E-state index contributed by atoms with van der Waals surface area (Å²) in [4.78, 5) is 17.5. The van der Waals surface area contributed by atoms with Crippen molar-refractivity contribution in [2.45, 2.75) is 38.0 Å². The summed E-state index contributed by atoms with van der Waals surface area (Å²) in [5.74, 6) is -0.291. The van der Waals surface area contributed by atoms with E-state index in [1.54, 1.807) is 17.4 Å². The summed E-state index contributed by atoms with van der Waals surface area (Å²) >= 11 is 1.62. The van der Waals surface area contributed by atoms with Gasteiger partial charge in [0.25, 0.3) is 0 Å². The van der Waals surface area contributed by atoms with Gasteiger partial charge in [0.15, 0.2) is 0 Å². The lowest BCUT2D eigenvalue weighted by Gasteiger charge is -2.40. The van der Waals surface area contributed by atoms with E-state index in [0.29, 0.717) is 13.0 Å². The topological polar surface area (TPSA) is 42.0 Å². The number of aryl methyl sites for hydroxylation is 1. The van der Waals surface area contributed by atoms with Crippen molar-refractivity contribution in [3.8, 4) is 10.6 Å². The Morgan fingerprint density at radius 3 is 2.68 bits per heavy atom. The molecule has 0 spiro atoms. The van der Waals surface area contributed by atoms with Crippen LogP contribution >= 0.6 is 11.3 Å². The minimum Gasteiger partial charge on any atom is -0.355 e. The van der Waals surface area contributed by atoms with E-state index in [0.717, 1.165) is 41.1 Å². The molecule has 0 aliphatic heterocycles. The van der Waals surface area contributed by atoms with Gasteiger partial charge in [0, 0.05) is 23.9 Å². The Labute approximate surface area is 168 Å². The van der Waals surface area contributed by atoms with Crippen LogP contribution in [0, 0.1) is 12.7 Å². The van der Waals surface area contributed by atoms with Crippen molar-refractivity contribution in [3.63, 3.8) is 0 Å². The molecule has 0 radical (unpaired) electrons. The molecular weight excluding hydrogens is 371 g/mol. The van der Waals surface area contributed by atoms with Crippen LogP contribution in [0.25, 0.3) is 10.6 Å².